The molecule has 1 heterocycles. The molecule has 1 N–H and O–H groups in total. The van der Waals surface area contributed by atoms with Crippen molar-refractivity contribution in [2.24, 2.45) is 0 Å². The Kier molecular flexibility index (Phi) is 4.12. The number of nitrogens with one attached hydrogen (secondary N) is 1. The van der Waals surface area contributed by atoms with E-state index < -0.39 is 0 Å². The van der Waals surface area contributed by atoms with Gasteiger partial charge >= 0.3 is 0 Å². The molecule has 1 aliphatic heterocycles. The van der Waals surface area contributed by atoms with Crippen LogP contribution in [-0.4, -0.2) is 24.7 Å². The number of thioether (sulfide) groups is 1. The molecule has 2 aromatic rings. The van der Waals surface area contributed by atoms with Gasteiger partial charge in [-0.2, -0.15) is 0 Å². The van der Waals surface area contributed by atoms with Crippen LogP contribution in [0.4, 0.5) is 11.4 Å². The van der Waals surface area contributed by atoms with Gasteiger partial charge in [-0.1, -0.05) is 18.2 Å². The normalized spacial score (nSPS) is 16.9. The maximum Gasteiger partial charge on any atom is 0.224 e. The molecule has 0 radical (unpaired) electrons. The Balaban J connectivity index is 1.98. The van der Waals surface area contributed by atoms with Crippen molar-refractivity contribution in [2.75, 3.05) is 23.0 Å². The molecule has 1 atom stereocenters. The number of carbonyl (C=O) groups excluding carboxylic acids is 1. The summed E-state index contributed by atoms with van der Waals surface area (Å²) in [4.78, 5) is 15.0. The second-order valence-corrected chi connectivity index (χ2v) is 6.46. The van der Waals surface area contributed by atoms with E-state index in [4.69, 9.17) is 0 Å². The van der Waals surface area contributed by atoms with Crippen LogP contribution in [0.5, 0.6) is 0 Å². The molecule has 0 saturated heterocycles. The highest BCUT2D eigenvalue weighted by Crippen LogP contribution is 2.35. The minimum absolute atomic E-state index is 0.0901. The second kappa shape index (κ2) is 6.05. The number of nitrogens with zero attached hydrogens (tertiary/aromatic N) is 1. The first kappa shape index (κ1) is 15.0. The van der Waals surface area contributed by atoms with Gasteiger partial charge in [0.2, 0.25) is 5.91 Å². The Hall–Kier alpha value is -1.94. The van der Waals surface area contributed by atoms with Crippen LogP contribution < -0.4 is 10.2 Å². The molecule has 0 spiro atoms. The van der Waals surface area contributed by atoms with Gasteiger partial charge in [0.05, 0.1) is 17.4 Å². The van der Waals surface area contributed by atoms with Crippen molar-refractivity contribution < 1.29 is 4.79 Å². The molecule has 1 aliphatic rings. The van der Waals surface area contributed by atoms with Crippen LogP contribution in [0.3, 0.4) is 0 Å². The van der Waals surface area contributed by atoms with E-state index in [1.165, 1.54) is 10.5 Å². The van der Waals surface area contributed by atoms with Crippen molar-refractivity contribution in [1.82, 2.24) is 0 Å². The highest BCUT2D eigenvalue weighted by molar-refractivity contribution is 7.98. The number of rotatable bonds is 2. The topological polar surface area (TPSA) is 32.3 Å². The van der Waals surface area contributed by atoms with E-state index in [0.717, 1.165) is 23.5 Å². The minimum atomic E-state index is 0.0901. The molecule has 0 saturated carbocycles. The number of fused-ring (bicyclic) bond motifs is 1. The Bertz CT molecular complexity index is 697. The summed E-state index contributed by atoms with van der Waals surface area (Å²) in [6, 6.07) is 15.0. The quantitative estimate of drug-likeness (QED) is 0.842. The van der Waals surface area contributed by atoms with E-state index >= 15 is 0 Å². The average molecular weight is 312 g/mol. The van der Waals surface area contributed by atoms with E-state index in [1.54, 1.807) is 18.7 Å². The van der Waals surface area contributed by atoms with Gasteiger partial charge in [0.1, 0.15) is 0 Å². The highest BCUT2D eigenvalue weighted by Gasteiger charge is 2.25. The second-order valence-electron chi connectivity index (χ2n) is 5.58. The number of carbonyl (C=O) groups is 1. The predicted octanol–water partition coefficient (Wildman–Crippen LogP) is 4.24. The average Bonchev–Trinajstić information content (AvgIpc) is 2.54. The molecular weight excluding hydrogens is 292 g/mol. The van der Waals surface area contributed by atoms with E-state index in [2.05, 4.69) is 54.9 Å². The molecule has 3 nitrogen and oxygen atoms in total. The number of hydrogen-bond donors (Lipinski definition) is 1. The van der Waals surface area contributed by atoms with Crippen molar-refractivity contribution in [3.05, 3.63) is 42.5 Å². The third kappa shape index (κ3) is 2.71. The fourth-order valence-electron chi connectivity index (χ4n) is 2.92. The third-order valence-corrected chi connectivity index (χ3v) is 4.79. The van der Waals surface area contributed by atoms with Crippen LogP contribution in [0.25, 0.3) is 11.1 Å². The molecule has 1 unspecified atom stereocenters. The molecule has 3 rings (SSSR count). The maximum atomic E-state index is 11.9. The first-order valence-electron chi connectivity index (χ1n) is 7.42. The molecule has 114 valence electrons. The van der Waals surface area contributed by atoms with Crippen LogP contribution in [-0.2, 0) is 4.79 Å². The van der Waals surface area contributed by atoms with Crippen LogP contribution in [0, 0.1) is 0 Å². The van der Waals surface area contributed by atoms with Crippen LogP contribution >= 0.6 is 11.8 Å². The molecule has 0 fully saturated rings. The van der Waals surface area contributed by atoms with Gasteiger partial charge in [-0.3, -0.25) is 4.79 Å². The summed E-state index contributed by atoms with van der Waals surface area (Å²) in [5.74, 6) is 0.0901. The number of anilines is 2. The van der Waals surface area contributed by atoms with Crippen molar-refractivity contribution >= 4 is 29.0 Å². The molecule has 0 aromatic heterocycles. The number of hydrogen-bond acceptors (Lipinski definition) is 3. The summed E-state index contributed by atoms with van der Waals surface area (Å²) in [6.45, 7) is 4.47. The fraction of sp³-hybridized carbons (Fsp3) is 0.278. The predicted molar refractivity (Wildman–Crippen MR) is 94.8 cm³/mol. The van der Waals surface area contributed by atoms with Gasteiger partial charge in [0, 0.05) is 18.4 Å². The van der Waals surface area contributed by atoms with Crippen molar-refractivity contribution in [3.63, 3.8) is 0 Å². The van der Waals surface area contributed by atoms with Gasteiger partial charge in [-0.15, -0.1) is 11.8 Å². The van der Waals surface area contributed by atoms with Gasteiger partial charge in [0.25, 0.3) is 0 Å². The smallest absolute Gasteiger partial charge is 0.224 e. The zero-order valence-electron chi connectivity index (χ0n) is 13.1. The van der Waals surface area contributed by atoms with Crippen molar-refractivity contribution in [1.29, 1.82) is 0 Å². The van der Waals surface area contributed by atoms with Crippen LogP contribution in [0.15, 0.2) is 47.4 Å². The van der Waals surface area contributed by atoms with Crippen LogP contribution in [0.2, 0.25) is 0 Å². The molecule has 22 heavy (non-hydrogen) atoms. The van der Waals surface area contributed by atoms with E-state index in [-0.39, 0.29) is 11.9 Å². The SMILES string of the molecule is CSc1ccc(-c2ccc3c(c2)NCC(C)N3C(C)=O)cc1. The third-order valence-electron chi connectivity index (χ3n) is 4.05. The van der Waals surface area contributed by atoms with E-state index in [1.807, 2.05) is 11.0 Å². The fourth-order valence-corrected chi connectivity index (χ4v) is 3.33. The van der Waals surface area contributed by atoms with Gasteiger partial charge in [0.15, 0.2) is 0 Å². The standard InChI is InChI=1S/C18H20N2OS/c1-12-11-19-17-10-15(6-9-18(17)20(12)13(2)21)14-4-7-16(22-3)8-5-14/h4-10,12,19H,11H2,1-3H3. The number of amides is 1. The molecular formula is C18H20N2OS. The summed E-state index contributed by atoms with van der Waals surface area (Å²) in [7, 11) is 0. The lowest BCUT2D eigenvalue weighted by Gasteiger charge is -2.35. The lowest BCUT2D eigenvalue weighted by atomic mass is 10.0. The summed E-state index contributed by atoms with van der Waals surface area (Å²) in [5, 5.41) is 3.43. The lowest BCUT2D eigenvalue weighted by Crippen LogP contribution is -2.44. The van der Waals surface area contributed by atoms with Gasteiger partial charge in [-0.25, -0.2) is 0 Å². The Morgan fingerprint density at radius 3 is 2.50 bits per heavy atom. The Labute approximate surface area is 135 Å². The molecule has 2 aromatic carbocycles. The van der Waals surface area contributed by atoms with E-state index in [9.17, 15) is 4.79 Å². The molecule has 0 aliphatic carbocycles. The van der Waals surface area contributed by atoms with Gasteiger partial charge < -0.3 is 10.2 Å². The Morgan fingerprint density at radius 2 is 1.86 bits per heavy atom. The Morgan fingerprint density at radius 1 is 1.18 bits per heavy atom. The zero-order valence-corrected chi connectivity index (χ0v) is 13.9. The summed E-state index contributed by atoms with van der Waals surface area (Å²) >= 11 is 1.74. The zero-order chi connectivity index (χ0) is 15.7. The van der Waals surface area contributed by atoms with Crippen LogP contribution in [0.1, 0.15) is 13.8 Å². The summed E-state index contributed by atoms with van der Waals surface area (Å²) in [5.41, 5.74) is 4.35. The summed E-state index contributed by atoms with van der Waals surface area (Å²) in [6.07, 6.45) is 2.08. The first-order valence-corrected chi connectivity index (χ1v) is 8.65. The molecule has 0 bridgehead atoms. The summed E-state index contributed by atoms with van der Waals surface area (Å²) < 4.78 is 0. The highest BCUT2D eigenvalue weighted by atomic mass is 32.2. The first-order chi connectivity index (χ1) is 10.6. The maximum absolute atomic E-state index is 11.9. The minimum Gasteiger partial charge on any atom is -0.381 e. The van der Waals surface area contributed by atoms with Gasteiger partial charge in [-0.05, 0) is 48.6 Å². The van der Waals surface area contributed by atoms with Crippen molar-refractivity contribution in [2.45, 2.75) is 24.8 Å². The number of benzene rings is 2. The lowest BCUT2D eigenvalue weighted by molar-refractivity contribution is -0.116. The molecule has 4 heteroatoms. The monoisotopic (exact) mass is 312 g/mol. The molecule has 1 amide bonds. The largest absolute Gasteiger partial charge is 0.381 e. The van der Waals surface area contributed by atoms with Crippen molar-refractivity contribution in [3.8, 4) is 11.1 Å². The van der Waals surface area contributed by atoms with E-state index in [0.29, 0.717) is 0 Å².